The number of rotatable bonds is 15. The summed E-state index contributed by atoms with van der Waals surface area (Å²) in [6, 6.07) is 36.1. The van der Waals surface area contributed by atoms with Crippen LogP contribution in [0.4, 0.5) is 5.69 Å². The van der Waals surface area contributed by atoms with Crippen LogP contribution in [0.25, 0.3) is 39.4 Å². The predicted octanol–water partition coefficient (Wildman–Crippen LogP) is 2.83. The van der Waals surface area contributed by atoms with Crippen LogP contribution in [0, 0.1) is 0 Å². The summed E-state index contributed by atoms with van der Waals surface area (Å²) < 4.78 is 16.8. The van der Waals surface area contributed by atoms with Gasteiger partial charge in [-0.25, -0.2) is 0 Å². The molecule has 6 rings (SSSR count). The van der Waals surface area contributed by atoms with E-state index in [9.17, 15) is 0 Å². The molecule has 0 radical (unpaired) electrons. The zero-order valence-corrected chi connectivity index (χ0v) is 38.6. The van der Waals surface area contributed by atoms with E-state index in [1.165, 1.54) is 27.8 Å². The fraction of sp³-hybridized carbons (Fsp3) is 0.383. The molecule has 0 saturated heterocycles. The number of hydrogen-bond donors (Lipinski definition) is 0. The molecular formula is C47H59Br3N3O2-. The SMILES string of the molecule is CCCCN1C(=CC(=Cc2oc3ccc(-c4ccccc4)cc3[n+]2CCC[N+](C(C)C)(C(C)C)C(C)C)CC)Oc2ccc(-c3ccccc3)cc21.[Br-].[Br-].[Br-]. The number of allylic oxidation sites excluding steroid dienone is 2. The summed E-state index contributed by atoms with van der Waals surface area (Å²) in [5.74, 6) is 2.67. The lowest BCUT2D eigenvalue weighted by molar-refractivity contribution is -0.986. The Balaban J connectivity index is 0.00000271. The van der Waals surface area contributed by atoms with Gasteiger partial charge in [0.2, 0.25) is 11.5 Å². The monoisotopic (exact) mass is 934 g/mol. The fourth-order valence-corrected chi connectivity index (χ4v) is 8.44. The normalized spacial score (nSPS) is 13.5. The van der Waals surface area contributed by atoms with Gasteiger partial charge in [0.1, 0.15) is 0 Å². The molecule has 5 aromatic rings. The van der Waals surface area contributed by atoms with Gasteiger partial charge in [-0.1, -0.05) is 93.1 Å². The quantitative estimate of drug-likeness (QED) is 0.120. The number of aryl methyl sites for hydroxylation is 1. The average Bonchev–Trinajstić information content (AvgIpc) is 3.67. The Labute approximate surface area is 362 Å². The van der Waals surface area contributed by atoms with Gasteiger partial charge in [-0.05, 0) is 100 Å². The van der Waals surface area contributed by atoms with Crippen molar-refractivity contribution >= 4 is 22.9 Å². The summed E-state index contributed by atoms with van der Waals surface area (Å²) in [5.41, 5.74) is 9.17. The largest absolute Gasteiger partial charge is 1.00 e. The zero-order chi connectivity index (χ0) is 36.8. The number of unbranched alkanes of at least 4 members (excludes halogenated alkanes) is 1. The van der Waals surface area contributed by atoms with Gasteiger partial charge in [0, 0.05) is 18.7 Å². The molecule has 2 heterocycles. The molecule has 296 valence electrons. The van der Waals surface area contributed by atoms with Crippen LogP contribution in [0.5, 0.6) is 5.75 Å². The molecule has 1 aliphatic rings. The van der Waals surface area contributed by atoms with Gasteiger partial charge >= 0.3 is 5.89 Å². The van der Waals surface area contributed by atoms with Crippen LogP contribution < -0.4 is 65.1 Å². The van der Waals surface area contributed by atoms with Crippen molar-refractivity contribution in [3.8, 4) is 28.0 Å². The lowest BCUT2D eigenvalue weighted by atomic mass is 10.0. The molecule has 1 aliphatic heterocycles. The molecular weight excluding hydrogens is 878 g/mol. The Bertz CT molecular complexity index is 2000. The number of ether oxygens (including phenoxy) is 1. The minimum absolute atomic E-state index is 0. The molecule has 0 N–H and O–H groups in total. The molecule has 0 spiro atoms. The third-order valence-electron chi connectivity index (χ3n) is 11.2. The zero-order valence-electron chi connectivity index (χ0n) is 33.9. The van der Waals surface area contributed by atoms with Gasteiger partial charge in [0.05, 0.1) is 42.9 Å². The molecule has 0 fully saturated rings. The first-order chi connectivity index (χ1) is 25.2. The molecule has 0 unspecified atom stereocenters. The molecule has 8 heteroatoms. The van der Waals surface area contributed by atoms with Gasteiger partial charge < -0.3 is 69.5 Å². The number of hydrogen-bond acceptors (Lipinski definition) is 3. The van der Waals surface area contributed by atoms with Gasteiger partial charge in [-0.3, -0.25) is 0 Å². The maximum absolute atomic E-state index is 6.73. The lowest BCUT2D eigenvalue weighted by Gasteiger charge is -2.49. The molecule has 55 heavy (non-hydrogen) atoms. The first-order valence-electron chi connectivity index (χ1n) is 19.6. The van der Waals surface area contributed by atoms with Crippen molar-refractivity contribution in [2.24, 2.45) is 0 Å². The van der Waals surface area contributed by atoms with Gasteiger partial charge in [0.25, 0.3) is 5.52 Å². The van der Waals surface area contributed by atoms with Crippen LogP contribution in [-0.4, -0.2) is 35.7 Å². The van der Waals surface area contributed by atoms with Crippen LogP contribution in [0.3, 0.4) is 0 Å². The molecule has 5 nitrogen and oxygen atoms in total. The van der Waals surface area contributed by atoms with Crippen LogP contribution >= 0.6 is 0 Å². The van der Waals surface area contributed by atoms with Gasteiger partial charge in [0.15, 0.2) is 12.3 Å². The molecule has 1 aromatic heterocycles. The van der Waals surface area contributed by atoms with E-state index in [1.807, 2.05) is 0 Å². The van der Waals surface area contributed by atoms with Crippen LogP contribution in [0.1, 0.15) is 87.0 Å². The molecule has 0 aliphatic carbocycles. The number of benzene rings is 4. The Hall–Kier alpha value is -3.17. The highest BCUT2D eigenvalue weighted by atomic mass is 79.9. The van der Waals surface area contributed by atoms with Crippen molar-refractivity contribution < 1.29 is 69.1 Å². The molecule has 0 saturated carbocycles. The predicted molar refractivity (Wildman–Crippen MR) is 218 cm³/mol. The minimum atomic E-state index is 0. The van der Waals surface area contributed by atoms with Crippen molar-refractivity contribution in [1.29, 1.82) is 0 Å². The Morgan fingerprint density at radius 2 is 1.29 bits per heavy atom. The van der Waals surface area contributed by atoms with Gasteiger partial charge in [-0.2, -0.15) is 4.57 Å². The number of fused-ring (bicyclic) bond motifs is 2. The Kier molecular flexibility index (Phi) is 17.5. The van der Waals surface area contributed by atoms with Crippen LogP contribution in [0.15, 0.2) is 119 Å². The maximum atomic E-state index is 6.73. The second-order valence-electron chi connectivity index (χ2n) is 15.2. The van der Waals surface area contributed by atoms with Crippen LogP contribution in [-0.2, 0) is 6.54 Å². The Morgan fingerprint density at radius 1 is 0.709 bits per heavy atom. The van der Waals surface area contributed by atoms with E-state index >= 15 is 0 Å². The number of nitrogens with zero attached hydrogens (tertiary/aromatic N) is 3. The van der Waals surface area contributed by atoms with E-state index in [4.69, 9.17) is 9.15 Å². The second kappa shape index (κ2) is 20.8. The van der Waals surface area contributed by atoms with Crippen molar-refractivity contribution in [1.82, 2.24) is 0 Å². The number of anilines is 1. The van der Waals surface area contributed by atoms with E-state index < -0.39 is 0 Å². The second-order valence-corrected chi connectivity index (χ2v) is 15.2. The fourth-order valence-electron chi connectivity index (χ4n) is 8.44. The maximum Gasteiger partial charge on any atom is 0.374 e. The highest BCUT2D eigenvalue weighted by Crippen LogP contribution is 2.42. The molecule has 0 bridgehead atoms. The number of oxazole rings is 1. The minimum Gasteiger partial charge on any atom is -1.00 e. The van der Waals surface area contributed by atoms with Crippen molar-refractivity contribution in [2.75, 3.05) is 18.0 Å². The lowest BCUT2D eigenvalue weighted by Crippen LogP contribution is -3.00. The average molecular weight is 938 g/mol. The number of aromatic nitrogens is 1. The standard InChI is InChI=1S/C47H59N3O2.3BrH/c1-9-11-27-48-42-32-40(38-19-14-12-15-20-38)23-25-44(42)51-46(48)30-37(10-2)31-47-49(28-18-29-50(34(3)4,35(5)6)36(7)8)43-33-41(24-26-45(43)52-47)39-21-16-13-17-22-39;;;/h12-17,19-26,30-36H,9-11,18,27-29H2,1-8H3;3*1H/q+2;;;/p-3. The van der Waals surface area contributed by atoms with E-state index in [2.05, 4.69) is 174 Å². The van der Waals surface area contributed by atoms with E-state index in [0.29, 0.717) is 18.1 Å². The highest BCUT2D eigenvalue weighted by Gasteiger charge is 2.38. The van der Waals surface area contributed by atoms with Crippen molar-refractivity contribution in [3.05, 3.63) is 120 Å². The molecule has 0 atom stereocenters. The number of halogens is 3. The smallest absolute Gasteiger partial charge is 0.374 e. The van der Waals surface area contributed by atoms with Gasteiger partial charge in [-0.15, -0.1) is 0 Å². The van der Waals surface area contributed by atoms with E-state index in [-0.39, 0.29) is 50.9 Å². The van der Waals surface area contributed by atoms with Crippen LogP contribution in [0.2, 0.25) is 0 Å². The van der Waals surface area contributed by atoms with E-state index in [1.54, 1.807) is 0 Å². The summed E-state index contributed by atoms with van der Waals surface area (Å²) in [6.07, 6.45) is 8.56. The summed E-state index contributed by atoms with van der Waals surface area (Å²) in [6.45, 7) is 21.7. The summed E-state index contributed by atoms with van der Waals surface area (Å²) in [4.78, 5) is 2.36. The summed E-state index contributed by atoms with van der Waals surface area (Å²) in [5, 5.41) is 0. The Morgan fingerprint density at radius 3 is 1.85 bits per heavy atom. The van der Waals surface area contributed by atoms with E-state index in [0.717, 1.165) is 84.1 Å². The summed E-state index contributed by atoms with van der Waals surface area (Å²) in [7, 11) is 0. The first kappa shape index (κ1) is 46.2. The first-order valence-corrected chi connectivity index (χ1v) is 19.6. The highest BCUT2D eigenvalue weighted by molar-refractivity contribution is 5.79. The topological polar surface area (TPSA) is 29.5 Å². The van der Waals surface area contributed by atoms with Crippen molar-refractivity contribution in [2.45, 2.75) is 106 Å². The summed E-state index contributed by atoms with van der Waals surface area (Å²) >= 11 is 0. The number of quaternary nitrogens is 1. The molecule has 4 aromatic carbocycles. The molecule has 0 amide bonds. The third kappa shape index (κ3) is 10.0. The van der Waals surface area contributed by atoms with Crippen molar-refractivity contribution in [3.63, 3.8) is 0 Å². The third-order valence-corrected chi connectivity index (χ3v) is 11.2.